The molecule has 1 aliphatic heterocycles. The van der Waals surface area contributed by atoms with Gasteiger partial charge in [0.05, 0.1) is 16.4 Å². The molecule has 11 heteroatoms. The van der Waals surface area contributed by atoms with Gasteiger partial charge in [0.15, 0.2) is 16.6 Å². The Balaban J connectivity index is 1.39. The summed E-state index contributed by atoms with van der Waals surface area (Å²) in [4.78, 5) is 26.2. The summed E-state index contributed by atoms with van der Waals surface area (Å²) in [5, 5.41) is 6.47. The highest BCUT2D eigenvalue weighted by Crippen LogP contribution is 2.43. The van der Waals surface area contributed by atoms with Crippen LogP contribution in [0.3, 0.4) is 0 Å². The topological polar surface area (TPSA) is 86.5 Å². The Morgan fingerprint density at radius 3 is 2.61 bits per heavy atom. The van der Waals surface area contributed by atoms with Crippen LogP contribution in [0.2, 0.25) is 5.02 Å². The van der Waals surface area contributed by atoms with Gasteiger partial charge in [-0.2, -0.15) is 0 Å². The fourth-order valence-electron chi connectivity index (χ4n) is 3.62. The van der Waals surface area contributed by atoms with E-state index in [4.69, 9.17) is 33.3 Å². The van der Waals surface area contributed by atoms with Gasteiger partial charge in [-0.3, -0.25) is 19.6 Å². The molecule has 4 aromatic rings. The lowest BCUT2D eigenvalue weighted by molar-refractivity contribution is 0.0982. The van der Waals surface area contributed by atoms with Crippen molar-refractivity contribution < 1.29 is 14.3 Å². The Labute approximate surface area is 202 Å². The lowest BCUT2D eigenvalue weighted by atomic mass is 10.2. The fraction of sp³-hybridized carbons (Fsp3) is 0.136. The summed E-state index contributed by atoms with van der Waals surface area (Å²) in [7, 11) is 1.78. The van der Waals surface area contributed by atoms with Gasteiger partial charge in [-0.25, -0.2) is 4.68 Å². The molecule has 0 spiro atoms. The Morgan fingerprint density at radius 2 is 1.88 bits per heavy atom. The number of halogens is 1. The van der Waals surface area contributed by atoms with Gasteiger partial charge in [-0.15, -0.1) is 11.3 Å². The second-order valence-electron chi connectivity index (χ2n) is 7.29. The molecule has 5 rings (SSSR count). The van der Waals surface area contributed by atoms with Crippen LogP contribution in [0.1, 0.15) is 15.4 Å². The minimum atomic E-state index is -0.474. The summed E-state index contributed by atoms with van der Waals surface area (Å²) < 4.78 is 14.8. The van der Waals surface area contributed by atoms with E-state index >= 15 is 0 Å². The first kappa shape index (κ1) is 21.5. The van der Waals surface area contributed by atoms with E-state index in [-0.39, 0.29) is 23.2 Å². The molecular weight excluding hydrogens is 484 g/mol. The van der Waals surface area contributed by atoms with E-state index in [1.165, 1.54) is 16.0 Å². The molecule has 33 heavy (non-hydrogen) atoms. The van der Waals surface area contributed by atoms with Crippen molar-refractivity contribution in [2.24, 2.45) is 7.05 Å². The summed E-state index contributed by atoms with van der Waals surface area (Å²) in [5.41, 5.74) is 1.37. The summed E-state index contributed by atoms with van der Waals surface area (Å²) in [5.74, 6) is 0.720. The number of para-hydroxylation sites is 1. The minimum Gasteiger partial charge on any atom is -0.454 e. The molecular formula is C22H17ClN4O4S2. The molecule has 2 N–H and O–H groups in total. The van der Waals surface area contributed by atoms with Crippen LogP contribution in [0.15, 0.2) is 47.3 Å². The molecule has 0 radical (unpaired) electrons. The Hall–Kier alpha value is -3.34. The first-order valence-corrected chi connectivity index (χ1v) is 11.4. The Morgan fingerprint density at radius 1 is 1.18 bits per heavy atom. The number of ether oxygens (including phenoxy) is 2. The van der Waals surface area contributed by atoms with Crippen LogP contribution < -0.4 is 25.7 Å². The van der Waals surface area contributed by atoms with Crippen molar-refractivity contribution in [2.45, 2.75) is 6.92 Å². The summed E-state index contributed by atoms with van der Waals surface area (Å²) in [6.45, 7) is 1.95. The van der Waals surface area contributed by atoms with Gasteiger partial charge in [0.2, 0.25) is 6.79 Å². The SMILES string of the molecule is Cc1c(NC(=S)NC(=O)c2sc3cc4c(cc3c2Cl)OCO4)c(=O)n(-c2ccccc2)n1C. The Bertz CT molecular complexity index is 1490. The third-order valence-corrected chi connectivity index (χ3v) is 7.21. The maximum atomic E-state index is 13.0. The molecule has 8 nitrogen and oxygen atoms in total. The molecule has 1 aliphatic rings. The van der Waals surface area contributed by atoms with E-state index in [1.807, 2.05) is 30.3 Å². The lowest BCUT2D eigenvalue weighted by Gasteiger charge is -2.08. The first-order chi connectivity index (χ1) is 15.8. The zero-order valence-electron chi connectivity index (χ0n) is 17.5. The molecule has 0 aliphatic carbocycles. The van der Waals surface area contributed by atoms with Crippen LogP contribution in [0.5, 0.6) is 11.5 Å². The number of amides is 1. The molecule has 3 heterocycles. The molecule has 0 unspecified atom stereocenters. The maximum absolute atomic E-state index is 13.0. The van der Waals surface area contributed by atoms with Gasteiger partial charge in [0, 0.05) is 23.2 Å². The third kappa shape index (κ3) is 3.65. The molecule has 1 amide bonds. The molecule has 0 saturated carbocycles. The Kier molecular flexibility index (Phi) is 5.35. The standard InChI is InChI=1S/C22H17ClN4O4S2/c1-11-18(21(29)27(26(11)2)12-6-4-3-5-7-12)24-22(32)25-20(28)19-17(23)13-8-14-15(31-10-30-14)9-16(13)33-19/h3-9H,10H2,1-2H3,(H2,24,25,28,32). The van der Waals surface area contributed by atoms with Crippen LogP contribution in [0.25, 0.3) is 15.8 Å². The number of carbonyl (C=O) groups is 1. The van der Waals surface area contributed by atoms with Crippen LogP contribution in [-0.4, -0.2) is 27.2 Å². The second-order valence-corrected chi connectivity index (χ2v) is 9.13. The van der Waals surface area contributed by atoms with Crippen molar-refractivity contribution >= 4 is 61.9 Å². The molecule has 0 fully saturated rings. The molecule has 168 valence electrons. The van der Waals surface area contributed by atoms with Crippen LogP contribution >= 0.6 is 35.2 Å². The van der Waals surface area contributed by atoms with Gasteiger partial charge in [-0.1, -0.05) is 29.8 Å². The number of thiocarbonyl (C=S) groups is 1. The monoisotopic (exact) mass is 500 g/mol. The number of thiophene rings is 1. The van der Waals surface area contributed by atoms with E-state index in [1.54, 1.807) is 30.8 Å². The van der Waals surface area contributed by atoms with Crippen LogP contribution in [0.4, 0.5) is 5.69 Å². The van der Waals surface area contributed by atoms with Gasteiger partial charge in [-0.05, 0) is 37.3 Å². The number of hydrogen-bond acceptors (Lipinski definition) is 6. The van der Waals surface area contributed by atoms with Crippen LogP contribution in [0, 0.1) is 6.92 Å². The van der Waals surface area contributed by atoms with Crippen molar-refractivity contribution in [3.63, 3.8) is 0 Å². The predicted molar refractivity (Wildman–Crippen MR) is 132 cm³/mol. The van der Waals surface area contributed by atoms with Gasteiger partial charge >= 0.3 is 0 Å². The maximum Gasteiger partial charge on any atom is 0.295 e. The molecule has 0 saturated heterocycles. The van der Waals surface area contributed by atoms with Crippen molar-refractivity contribution in [1.82, 2.24) is 14.7 Å². The number of anilines is 1. The van der Waals surface area contributed by atoms with Crippen molar-refractivity contribution in [3.8, 4) is 17.2 Å². The van der Waals surface area contributed by atoms with E-state index in [0.29, 0.717) is 38.2 Å². The number of nitrogens with zero attached hydrogens (tertiary/aromatic N) is 2. The van der Waals surface area contributed by atoms with Gasteiger partial charge in [0.1, 0.15) is 10.6 Å². The minimum absolute atomic E-state index is 0.00584. The van der Waals surface area contributed by atoms with E-state index in [0.717, 1.165) is 4.70 Å². The van der Waals surface area contributed by atoms with E-state index in [9.17, 15) is 9.59 Å². The van der Waals surface area contributed by atoms with Crippen LogP contribution in [-0.2, 0) is 7.05 Å². The smallest absolute Gasteiger partial charge is 0.295 e. The highest BCUT2D eigenvalue weighted by atomic mass is 35.5. The summed E-state index contributed by atoms with van der Waals surface area (Å²) >= 11 is 13.0. The van der Waals surface area contributed by atoms with Crippen molar-refractivity contribution in [1.29, 1.82) is 0 Å². The fourth-order valence-corrected chi connectivity index (χ4v) is 5.23. The average Bonchev–Trinajstić information content (AvgIpc) is 3.45. The normalized spacial score (nSPS) is 12.2. The summed E-state index contributed by atoms with van der Waals surface area (Å²) in [6, 6.07) is 12.8. The van der Waals surface area contributed by atoms with Crippen molar-refractivity contribution in [3.05, 3.63) is 68.4 Å². The number of aromatic nitrogens is 2. The largest absolute Gasteiger partial charge is 0.454 e. The highest BCUT2D eigenvalue weighted by molar-refractivity contribution is 7.80. The number of nitrogens with one attached hydrogen (secondary N) is 2. The molecule has 0 bridgehead atoms. The predicted octanol–water partition coefficient (Wildman–Crippen LogP) is 4.21. The number of carbonyl (C=O) groups excluding carboxylic acids is 1. The van der Waals surface area contributed by atoms with E-state index in [2.05, 4.69) is 10.6 Å². The third-order valence-electron chi connectivity index (χ3n) is 5.35. The number of fused-ring (bicyclic) bond motifs is 2. The second kappa shape index (κ2) is 8.22. The molecule has 0 atom stereocenters. The van der Waals surface area contributed by atoms with E-state index < -0.39 is 5.91 Å². The van der Waals surface area contributed by atoms with Gasteiger partial charge < -0.3 is 14.8 Å². The first-order valence-electron chi connectivity index (χ1n) is 9.83. The van der Waals surface area contributed by atoms with Crippen molar-refractivity contribution in [2.75, 3.05) is 12.1 Å². The number of rotatable bonds is 3. The molecule has 2 aromatic heterocycles. The molecule has 2 aromatic carbocycles. The zero-order valence-corrected chi connectivity index (χ0v) is 19.9. The average molecular weight is 501 g/mol. The zero-order chi connectivity index (χ0) is 23.3. The van der Waals surface area contributed by atoms with Gasteiger partial charge in [0.25, 0.3) is 11.5 Å². The number of benzene rings is 2. The summed E-state index contributed by atoms with van der Waals surface area (Å²) in [6.07, 6.45) is 0. The lowest BCUT2D eigenvalue weighted by Crippen LogP contribution is -2.35. The quantitative estimate of drug-likeness (QED) is 0.410. The highest BCUT2D eigenvalue weighted by Gasteiger charge is 2.23. The number of hydrogen-bond donors (Lipinski definition) is 2.